The fourth-order valence-corrected chi connectivity index (χ4v) is 2.40. The van der Waals surface area contributed by atoms with Crippen molar-refractivity contribution in [1.29, 1.82) is 0 Å². The van der Waals surface area contributed by atoms with Gasteiger partial charge in [0.25, 0.3) is 0 Å². The summed E-state index contributed by atoms with van der Waals surface area (Å²) in [6.45, 7) is 6.24. The van der Waals surface area contributed by atoms with E-state index < -0.39 is 6.09 Å². The summed E-state index contributed by atoms with van der Waals surface area (Å²) in [6.07, 6.45) is -0.562. The molecule has 3 aromatic rings. The van der Waals surface area contributed by atoms with Gasteiger partial charge in [-0.1, -0.05) is 42.5 Å². The van der Waals surface area contributed by atoms with Crippen molar-refractivity contribution in [1.82, 2.24) is 9.97 Å². The Labute approximate surface area is 134 Å². The summed E-state index contributed by atoms with van der Waals surface area (Å²) in [6, 6.07) is 14.0. The van der Waals surface area contributed by atoms with E-state index in [1.165, 1.54) is 12.7 Å². The normalized spacial score (nSPS) is 10.5. The molecule has 0 aliphatic carbocycles. The number of aromatic amines is 1. The average molecular weight is 307 g/mol. The lowest BCUT2D eigenvalue weighted by atomic mass is 9.98. The predicted octanol–water partition coefficient (Wildman–Crippen LogP) is 4.11. The summed E-state index contributed by atoms with van der Waals surface area (Å²) < 4.78 is 4.56. The zero-order valence-electron chi connectivity index (χ0n) is 13.0. The molecule has 2 aromatic carbocycles. The molecule has 0 aliphatic rings. The van der Waals surface area contributed by atoms with Crippen LogP contribution in [0.4, 0.5) is 10.7 Å². The number of aryl methyl sites for hydroxylation is 1. The molecular formula is C18H17N3O2. The fourth-order valence-electron chi connectivity index (χ4n) is 2.40. The minimum Gasteiger partial charge on any atom is -0.453 e. The highest BCUT2D eigenvalue weighted by atomic mass is 16.5. The second-order valence-corrected chi connectivity index (χ2v) is 5.28. The molecule has 1 amide bonds. The predicted molar refractivity (Wildman–Crippen MR) is 91.4 cm³/mol. The highest BCUT2D eigenvalue weighted by molar-refractivity contribution is 5.89. The number of ether oxygens (including phenoxy) is 1. The maximum Gasteiger partial charge on any atom is 0.413 e. The summed E-state index contributed by atoms with van der Waals surface area (Å²) in [5, 5.41) is 2.52. The minimum absolute atomic E-state index is 0.352. The molecule has 5 nitrogen and oxygen atoms in total. The number of carbonyl (C=O) groups is 1. The molecule has 0 saturated heterocycles. The summed E-state index contributed by atoms with van der Waals surface area (Å²) in [5.74, 6) is 0.352. The number of nitrogens with one attached hydrogen (secondary N) is 2. The third-order valence-electron chi connectivity index (χ3n) is 3.60. The molecule has 0 spiro atoms. The number of hydrogen-bond acceptors (Lipinski definition) is 3. The van der Waals surface area contributed by atoms with E-state index in [-0.39, 0.29) is 0 Å². The van der Waals surface area contributed by atoms with Crippen LogP contribution in [0, 0.1) is 6.92 Å². The number of imidazole rings is 1. The van der Waals surface area contributed by atoms with Crippen LogP contribution >= 0.6 is 0 Å². The Bertz CT molecular complexity index is 896. The van der Waals surface area contributed by atoms with Crippen LogP contribution in [0.15, 0.2) is 49.0 Å². The van der Waals surface area contributed by atoms with Gasteiger partial charge in [0.1, 0.15) is 0 Å². The van der Waals surface area contributed by atoms with E-state index in [0.717, 1.165) is 27.7 Å². The van der Waals surface area contributed by atoms with Gasteiger partial charge in [-0.2, -0.15) is 0 Å². The number of methoxy groups -OCH3 is 1. The summed E-state index contributed by atoms with van der Waals surface area (Å²) in [7, 11) is 1.31. The van der Waals surface area contributed by atoms with Crippen molar-refractivity contribution < 1.29 is 9.53 Å². The summed E-state index contributed by atoms with van der Waals surface area (Å²) >= 11 is 0. The van der Waals surface area contributed by atoms with E-state index in [4.69, 9.17) is 0 Å². The number of H-pyrrole nitrogens is 1. The molecule has 0 aliphatic heterocycles. The van der Waals surface area contributed by atoms with Crippen LogP contribution in [-0.4, -0.2) is 23.2 Å². The molecule has 5 heteroatoms. The van der Waals surface area contributed by atoms with Crippen LogP contribution < -0.4 is 5.32 Å². The SMILES string of the molecule is C=C(c1cccc(C)c1)c1ccc2[nH]c(NC(=O)OC)nc2c1. The van der Waals surface area contributed by atoms with Gasteiger partial charge in [0.15, 0.2) is 0 Å². The Hall–Kier alpha value is -3.08. The lowest BCUT2D eigenvalue weighted by Crippen LogP contribution is -2.11. The number of carbonyl (C=O) groups excluding carboxylic acids is 1. The van der Waals surface area contributed by atoms with Crippen molar-refractivity contribution in [2.45, 2.75) is 6.92 Å². The molecular weight excluding hydrogens is 290 g/mol. The second kappa shape index (κ2) is 5.96. The number of aromatic nitrogens is 2. The van der Waals surface area contributed by atoms with Crippen molar-refractivity contribution in [3.8, 4) is 0 Å². The van der Waals surface area contributed by atoms with Crippen molar-refractivity contribution in [3.63, 3.8) is 0 Å². The lowest BCUT2D eigenvalue weighted by molar-refractivity contribution is 0.186. The second-order valence-electron chi connectivity index (χ2n) is 5.28. The lowest BCUT2D eigenvalue weighted by Gasteiger charge is -2.07. The summed E-state index contributed by atoms with van der Waals surface area (Å²) in [5.41, 5.74) is 5.77. The van der Waals surface area contributed by atoms with Gasteiger partial charge in [-0.15, -0.1) is 0 Å². The molecule has 0 saturated carbocycles. The Morgan fingerprint density at radius 1 is 1.22 bits per heavy atom. The summed E-state index contributed by atoms with van der Waals surface area (Å²) in [4.78, 5) is 18.6. The van der Waals surface area contributed by atoms with Crippen LogP contribution in [0.5, 0.6) is 0 Å². The molecule has 23 heavy (non-hydrogen) atoms. The fraction of sp³-hybridized carbons (Fsp3) is 0.111. The molecule has 0 fully saturated rings. The minimum atomic E-state index is -0.562. The van der Waals surface area contributed by atoms with Crippen molar-refractivity contribution in [2.24, 2.45) is 0 Å². The highest BCUT2D eigenvalue weighted by Crippen LogP contribution is 2.25. The number of rotatable bonds is 3. The quantitative estimate of drug-likeness (QED) is 0.765. The van der Waals surface area contributed by atoms with Crippen molar-refractivity contribution >= 4 is 28.6 Å². The zero-order valence-corrected chi connectivity index (χ0v) is 13.0. The van der Waals surface area contributed by atoms with Crippen molar-refractivity contribution in [3.05, 3.63) is 65.7 Å². The molecule has 116 valence electrons. The number of hydrogen-bond donors (Lipinski definition) is 2. The number of nitrogens with zero attached hydrogens (tertiary/aromatic N) is 1. The number of benzene rings is 2. The Balaban J connectivity index is 1.93. The van der Waals surface area contributed by atoms with Crippen molar-refractivity contribution in [2.75, 3.05) is 12.4 Å². The number of fused-ring (bicyclic) bond motifs is 1. The van der Waals surface area contributed by atoms with Crippen LogP contribution in [0.2, 0.25) is 0 Å². The van der Waals surface area contributed by atoms with Gasteiger partial charge in [0, 0.05) is 0 Å². The van der Waals surface area contributed by atoms with Gasteiger partial charge in [-0.25, -0.2) is 9.78 Å². The number of amides is 1. The van der Waals surface area contributed by atoms with Gasteiger partial charge >= 0.3 is 6.09 Å². The third-order valence-corrected chi connectivity index (χ3v) is 3.60. The first-order valence-electron chi connectivity index (χ1n) is 7.18. The van der Waals surface area contributed by atoms with E-state index in [2.05, 4.69) is 45.7 Å². The van der Waals surface area contributed by atoms with Gasteiger partial charge < -0.3 is 9.72 Å². The highest BCUT2D eigenvalue weighted by Gasteiger charge is 2.09. The van der Waals surface area contributed by atoms with E-state index in [1.807, 2.05) is 30.3 Å². The third kappa shape index (κ3) is 3.08. The molecule has 0 atom stereocenters. The Kier molecular flexibility index (Phi) is 3.85. The van der Waals surface area contributed by atoms with Crippen LogP contribution in [0.3, 0.4) is 0 Å². The van der Waals surface area contributed by atoms with E-state index >= 15 is 0 Å². The molecule has 1 aromatic heterocycles. The van der Waals surface area contributed by atoms with Crippen LogP contribution in [-0.2, 0) is 4.74 Å². The first kappa shape index (κ1) is 14.8. The van der Waals surface area contributed by atoms with Crippen LogP contribution in [0.1, 0.15) is 16.7 Å². The number of anilines is 1. The van der Waals surface area contributed by atoms with E-state index in [0.29, 0.717) is 5.95 Å². The molecule has 0 bridgehead atoms. The first-order chi connectivity index (χ1) is 11.1. The zero-order chi connectivity index (χ0) is 16.4. The standard InChI is InChI=1S/C18H17N3O2/c1-11-5-4-6-13(9-11)12(2)14-7-8-15-16(10-14)20-17(19-15)21-18(22)23-3/h4-10H,2H2,1,3H3,(H2,19,20,21,22). The van der Waals surface area contributed by atoms with E-state index in [1.54, 1.807) is 0 Å². The Morgan fingerprint density at radius 3 is 2.74 bits per heavy atom. The topological polar surface area (TPSA) is 67.0 Å². The molecule has 0 unspecified atom stereocenters. The molecule has 2 N–H and O–H groups in total. The van der Waals surface area contributed by atoms with Gasteiger partial charge in [0.2, 0.25) is 5.95 Å². The maximum absolute atomic E-state index is 11.2. The monoisotopic (exact) mass is 307 g/mol. The van der Waals surface area contributed by atoms with Gasteiger partial charge in [-0.05, 0) is 35.8 Å². The smallest absolute Gasteiger partial charge is 0.413 e. The molecule has 1 heterocycles. The van der Waals surface area contributed by atoms with Gasteiger partial charge in [0.05, 0.1) is 18.1 Å². The van der Waals surface area contributed by atoms with E-state index in [9.17, 15) is 4.79 Å². The average Bonchev–Trinajstić information content (AvgIpc) is 2.95. The van der Waals surface area contributed by atoms with Gasteiger partial charge in [-0.3, -0.25) is 5.32 Å². The largest absolute Gasteiger partial charge is 0.453 e. The molecule has 0 radical (unpaired) electrons. The first-order valence-corrected chi connectivity index (χ1v) is 7.18. The Morgan fingerprint density at radius 2 is 2.00 bits per heavy atom. The van der Waals surface area contributed by atoms with Crippen LogP contribution in [0.25, 0.3) is 16.6 Å². The maximum atomic E-state index is 11.2. The molecule has 3 rings (SSSR count).